The van der Waals surface area contributed by atoms with E-state index in [-0.39, 0.29) is 0 Å². The predicted octanol–water partition coefficient (Wildman–Crippen LogP) is 3.07. The fraction of sp³-hybridized carbons (Fsp3) is 1.00. The van der Waals surface area contributed by atoms with Crippen molar-refractivity contribution in [2.75, 3.05) is 25.5 Å². The minimum Gasteiger partial charge on any atom is -0.379 e. The van der Waals surface area contributed by atoms with Gasteiger partial charge < -0.3 is 10.1 Å². The maximum Gasteiger partial charge on any atom is 0.0607 e. The van der Waals surface area contributed by atoms with Crippen LogP contribution in [-0.2, 0) is 4.74 Å². The molecule has 0 amide bonds. The van der Waals surface area contributed by atoms with Gasteiger partial charge in [-0.1, -0.05) is 26.2 Å². The summed E-state index contributed by atoms with van der Waals surface area (Å²) in [5, 5.41) is 4.56. The van der Waals surface area contributed by atoms with Crippen LogP contribution in [0.25, 0.3) is 0 Å². The predicted molar refractivity (Wildman–Crippen MR) is 75.7 cm³/mol. The summed E-state index contributed by atoms with van der Waals surface area (Å²) < 4.78 is 5.25. The quantitative estimate of drug-likeness (QED) is 0.757. The first kappa shape index (κ1) is 13.7. The highest BCUT2D eigenvalue weighted by atomic mass is 32.2. The number of hydrogen-bond donors (Lipinski definition) is 1. The lowest BCUT2D eigenvalue weighted by molar-refractivity contribution is 0.0454. The van der Waals surface area contributed by atoms with Gasteiger partial charge in [0.25, 0.3) is 0 Å². The van der Waals surface area contributed by atoms with Crippen molar-refractivity contribution in [1.29, 1.82) is 0 Å². The molecule has 1 aliphatic heterocycles. The van der Waals surface area contributed by atoms with Crippen LogP contribution in [0.1, 0.15) is 45.4 Å². The molecule has 0 aromatic carbocycles. The molecule has 3 heteroatoms. The van der Waals surface area contributed by atoms with Crippen LogP contribution in [0.3, 0.4) is 0 Å². The van der Waals surface area contributed by atoms with E-state index in [4.69, 9.17) is 4.74 Å². The molecule has 0 radical (unpaired) electrons. The van der Waals surface area contributed by atoms with E-state index in [0.717, 1.165) is 30.4 Å². The Morgan fingerprint density at radius 2 is 2.00 bits per heavy atom. The van der Waals surface area contributed by atoms with Gasteiger partial charge in [0.15, 0.2) is 0 Å². The van der Waals surface area contributed by atoms with Crippen LogP contribution in [-0.4, -0.2) is 36.8 Å². The van der Waals surface area contributed by atoms with E-state index in [1.54, 1.807) is 0 Å². The molecule has 1 saturated carbocycles. The summed E-state index contributed by atoms with van der Waals surface area (Å²) in [4.78, 5) is 0. The molecule has 2 fully saturated rings. The zero-order valence-corrected chi connectivity index (χ0v) is 11.9. The van der Waals surface area contributed by atoms with Crippen molar-refractivity contribution in [2.24, 2.45) is 5.92 Å². The maximum atomic E-state index is 5.25. The average molecular weight is 257 g/mol. The number of ether oxygens (including phenoxy) is 1. The lowest BCUT2D eigenvalue weighted by atomic mass is 9.84. The van der Waals surface area contributed by atoms with Crippen molar-refractivity contribution >= 4 is 11.8 Å². The lowest BCUT2D eigenvalue weighted by Gasteiger charge is -2.33. The molecule has 1 atom stereocenters. The third-order valence-electron chi connectivity index (χ3n) is 3.99. The Balaban J connectivity index is 1.73. The highest BCUT2D eigenvalue weighted by Gasteiger charge is 2.26. The molecule has 0 spiro atoms. The van der Waals surface area contributed by atoms with E-state index in [1.807, 2.05) is 0 Å². The summed E-state index contributed by atoms with van der Waals surface area (Å²) in [7, 11) is 0. The van der Waals surface area contributed by atoms with E-state index < -0.39 is 0 Å². The third-order valence-corrected chi connectivity index (χ3v) is 5.29. The van der Waals surface area contributed by atoms with Crippen LogP contribution < -0.4 is 5.32 Å². The number of hydrogen-bond acceptors (Lipinski definition) is 3. The van der Waals surface area contributed by atoms with Crippen LogP contribution in [0.4, 0.5) is 0 Å². The molecular formula is C14H27NOS. The van der Waals surface area contributed by atoms with E-state index in [1.165, 1.54) is 50.8 Å². The number of rotatable bonds is 7. The van der Waals surface area contributed by atoms with Gasteiger partial charge >= 0.3 is 0 Å². The van der Waals surface area contributed by atoms with Gasteiger partial charge in [0.2, 0.25) is 0 Å². The van der Waals surface area contributed by atoms with Gasteiger partial charge in [0.05, 0.1) is 18.5 Å². The first-order valence-corrected chi connectivity index (χ1v) is 8.37. The molecule has 0 bridgehead atoms. The number of thioether (sulfide) groups is 1. The molecule has 2 aliphatic rings. The fourth-order valence-electron chi connectivity index (χ4n) is 2.78. The fourth-order valence-corrected chi connectivity index (χ4v) is 4.03. The first-order valence-electron chi connectivity index (χ1n) is 7.33. The minimum atomic E-state index is 0.751. The molecule has 2 nitrogen and oxygen atoms in total. The van der Waals surface area contributed by atoms with Crippen molar-refractivity contribution in [3.63, 3.8) is 0 Å². The van der Waals surface area contributed by atoms with Crippen molar-refractivity contribution in [2.45, 2.75) is 56.7 Å². The smallest absolute Gasteiger partial charge is 0.0607 e. The highest BCUT2D eigenvalue weighted by molar-refractivity contribution is 8.00. The van der Waals surface area contributed by atoms with Gasteiger partial charge in [-0.25, -0.2) is 0 Å². The molecular weight excluding hydrogens is 230 g/mol. The molecule has 2 rings (SSSR count). The van der Waals surface area contributed by atoms with Crippen molar-refractivity contribution < 1.29 is 4.74 Å². The Morgan fingerprint density at radius 1 is 1.24 bits per heavy atom. The second kappa shape index (κ2) is 7.65. The number of nitrogens with one attached hydrogen (secondary N) is 1. The van der Waals surface area contributed by atoms with Crippen LogP contribution in [0, 0.1) is 5.92 Å². The first-order chi connectivity index (χ1) is 8.40. The van der Waals surface area contributed by atoms with Gasteiger partial charge in [-0.3, -0.25) is 0 Å². The average Bonchev–Trinajstić information content (AvgIpc) is 2.32. The summed E-state index contributed by atoms with van der Waals surface area (Å²) >= 11 is 2.13. The van der Waals surface area contributed by atoms with Crippen molar-refractivity contribution in [1.82, 2.24) is 5.32 Å². The van der Waals surface area contributed by atoms with Crippen molar-refractivity contribution in [3.8, 4) is 0 Å². The Kier molecular flexibility index (Phi) is 6.16. The second-order valence-electron chi connectivity index (χ2n) is 5.45. The summed E-state index contributed by atoms with van der Waals surface area (Å²) in [5.74, 6) is 2.22. The van der Waals surface area contributed by atoms with E-state index >= 15 is 0 Å². The Labute approximate surface area is 110 Å². The maximum absolute atomic E-state index is 5.25. The third kappa shape index (κ3) is 4.46. The summed E-state index contributed by atoms with van der Waals surface area (Å²) in [6.45, 7) is 5.41. The molecule has 1 aliphatic carbocycles. The van der Waals surface area contributed by atoms with Gasteiger partial charge in [-0.2, -0.15) is 11.8 Å². The standard InChI is InChI=1S/C14H27NOS/c1-2-8-15-14(11-17-13-9-16-10-13)12-6-4-3-5-7-12/h12-15H,2-11H2,1H3. The Bertz CT molecular complexity index is 202. The zero-order chi connectivity index (χ0) is 11.9. The van der Waals surface area contributed by atoms with Gasteiger partial charge in [-0.15, -0.1) is 0 Å². The Morgan fingerprint density at radius 3 is 2.59 bits per heavy atom. The molecule has 0 aromatic heterocycles. The van der Waals surface area contributed by atoms with Crippen molar-refractivity contribution in [3.05, 3.63) is 0 Å². The van der Waals surface area contributed by atoms with E-state index in [0.29, 0.717) is 0 Å². The van der Waals surface area contributed by atoms with Gasteiger partial charge in [0, 0.05) is 11.8 Å². The molecule has 100 valence electrons. The second-order valence-corrected chi connectivity index (χ2v) is 6.78. The molecule has 0 aromatic rings. The highest BCUT2D eigenvalue weighted by Crippen LogP contribution is 2.29. The molecule has 1 N–H and O–H groups in total. The van der Waals surface area contributed by atoms with Gasteiger partial charge in [0.1, 0.15) is 0 Å². The summed E-state index contributed by atoms with van der Waals surface area (Å²) in [6.07, 6.45) is 8.51. The van der Waals surface area contributed by atoms with Crippen LogP contribution in [0.15, 0.2) is 0 Å². The topological polar surface area (TPSA) is 21.3 Å². The zero-order valence-electron chi connectivity index (χ0n) is 11.1. The molecule has 1 saturated heterocycles. The normalized spacial score (nSPS) is 24.5. The monoisotopic (exact) mass is 257 g/mol. The largest absolute Gasteiger partial charge is 0.379 e. The summed E-state index contributed by atoms with van der Waals surface area (Å²) in [6, 6.07) is 0.751. The lowest BCUT2D eigenvalue weighted by Crippen LogP contribution is -2.41. The van der Waals surface area contributed by atoms with Crippen LogP contribution in [0.2, 0.25) is 0 Å². The van der Waals surface area contributed by atoms with E-state index in [9.17, 15) is 0 Å². The molecule has 17 heavy (non-hydrogen) atoms. The summed E-state index contributed by atoms with van der Waals surface area (Å²) in [5.41, 5.74) is 0. The van der Waals surface area contributed by atoms with Crippen LogP contribution in [0.5, 0.6) is 0 Å². The molecule has 1 unspecified atom stereocenters. The van der Waals surface area contributed by atoms with E-state index in [2.05, 4.69) is 24.0 Å². The van der Waals surface area contributed by atoms with Crippen LogP contribution >= 0.6 is 11.8 Å². The molecule has 1 heterocycles. The van der Waals surface area contributed by atoms with Gasteiger partial charge in [-0.05, 0) is 31.7 Å². The minimum absolute atomic E-state index is 0.751. The Hall–Kier alpha value is 0.270. The SMILES string of the molecule is CCCNC(CSC1COC1)C1CCCCC1.